The fourth-order valence-electron chi connectivity index (χ4n) is 3.84. The maximum absolute atomic E-state index is 12.6. The van der Waals surface area contributed by atoms with E-state index in [4.69, 9.17) is 9.15 Å². The molecular formula is C17H20ClN3O5. The van der Waals surface area contributed by atoms with Crippen molar-refractivity contribution in [3.05, 3.63) is 34.1 Å². The number of methoxy groups -OCH3 is 1. The monoisotopic (exact) mass is 381 g/mol. The Balaban J connectivity index is 0.00000196. The molecule has 3 aliphatic heterocycles. The Bertz CT molecular complexity index is 844. The Kier molecular flexibility index (Phi) is 5.06. The number of nitro benzene ring substituents is 1. The topological polar surface area (TPSA) is 97.8 Å². The maximum atomic E-state index is 12.6. The number of hydrogen-bond acceptors (Lipinski definition) is 6. The van der Waals surface area contributed by atoms with Crippen molar-refractivity contribution in [2.75, 3.05) is 26.7 Å². The molecule has 1 amide bonds. The third kappa shape index (κ3) is 3.22. The SMILES string of the molecule is COc1cc([N+](=O)[O-])cc2cc(C(=O)N[C@H]3CN4CCC3CC4)oc12.Cl. The van der Waals surface area contributed by atoms with Crippen LogP contribution >= 0.6 is 12.4 Å². The summed E-state index contributed by atoms with van der Waals surface area (Å²) in [4.78, 5) is 25.5. The van der Waals surface area contributed by atoms with E-state index in [-0.39, 0.29) is 41.6 Å². The van der Waals surface area contributed by atoms with Crippen LogP contribution in [0.25, 0.3) is 11.0 Å². The summed E-state index contributed by atoms with van der Waals surface area (Å²) in [5, 5.41) is 14.6. The van der Waals surface area contributed by atoms with Crippen LogP contribution in [0, 0.1) is 16.0 Å². The van der Waals surface area contributed by atoms with Crippen LogP contribution in [-0.4, -0.2) is 48.5 Å². The lowest BCUT2D eigenvalue weighted by molar-refractivity contribution is -0.384. The van der Waals surface area contributed by atoms with E-state index in [0.29, 0.717) is 16.9 Å². The molecule has 2 bridgehead atoms. The molecule has 140 valence electrons. The lowest BCUT2D eigenvalue weighted by Gasteiger charge is -2.44. The summed E-state index contributed by atoms with van der Waals surface area (Å²) in [7, 11) is 1.41. The van der Waals surface area contributed by atoms with Crippen molar-refractivity contribution in [2.45, 2.75) is 18.9 Å². The predicted octanol–water partition coefficient (Wildman–Crippen LogP) is 2.60. The lowest BCUT2D eigenvalue weighted by atomic mass is 9.84. The number of piperidine rings is 3. The Morgan fingerprint density at radius 2 is 2.08 bits per heavy atom. The molecule has 0 unspecified atom stereocenters. The Morgan fingerprint density at radius 3 is 2.65 bits per heavy atom. The number of nitro groups is 1. The lowest BCUT2D eigenvalue weighted by Crippen LogP contribution is -2.57. The van der Waals surface area contributed by atoms with Gasteiger partial charge in [-0.2, -0.15) is 0 Å². The quantitative estimate of drug-likeness (QED) is 0.645. The van der Waals surface area contributed by atoms with Crippen molar-refractivity contribution in [1.29, 1.82) is 0 Å². The fraction of sp³-hybridized carbons (Fsp3) is 0.471. The number of fused-ring (bicyclic) bond motifs is 4. The van der Waals surface area contributed by atoms with Gasteiger partial charge in [0.15, 0.2) is 17.1 Å². The molecule has 8 nitrogen and oxygen atoms in total. The molecular weight excluding hydrogens is 362 g/mol. The van der Waals surface area contributed by atoms with E-state index in [1.165, 1.54) is 25.3 Å². The van der Waals surface area contributed by atoms with Crippen molar-refractivity contribution >= 4 is 35.0 Å². The highest BCUT2D eigenvalue weighted by Crippen LogP contribution is 2.34. The van der Waals surface area contributed by atoms with Crippen LogP contribution in [0.3, 0.4) is 0 Å². The first kappa shape index (κ1) is 18.5. The summed E-state index contributed by atoms with van der Waals surface area (Å²) < 4.78 is 10.8. The van der Waals surface area contributed by atoms with Gasteiger partial charge in [0, 0.05) is 24.0 Å². The molecule has 3 aliphatic rings. The van der Waals surface area contributed by atoms with E-state index < -0.39 is 4.92 Å². The fourth-order valence-corrected chi connectivity index (χ4v) is 3.84. The zero-order valence-corrected chi connectivity index (χ0v) is 15.1. The number of rotatable bonds is 4. The number of carbonyl (C=O) groups is 1. The van der Waals surface area contributed by atoms with Crippen LogP contribution in [0.15, 0.2) is 22.6 Å². The molecule has 2 aromatic rings. The van der Waals surface area contributed by atoms with Crippen LogP contribution in [-0.2, 0) is 0 Å². The predicted molar refractivity (Wildman–Crippen MR) is 97.1 cm³/mol. The molecule has 5 rings (SSSR count). The third-order valence-electron chi connectivity index (χ3n) is 5.19. The molecule has 1 atom stereocenters. The summed E-state index contributed by atoms with van der Waals surface area (Å²) in [5.74, 6) is 0.602. The van der Waals surface area contributed by atoms with E-state index in [1.807, 2.05) is 0 Å². The molecule has 3 saturated heterocycles. The van der Waals surface area contributed by atoms with Crippen molar-refractivity contribution in [3.8, 4) is 5.75 Å². The van der Waals surface area contributed by atoms with E-state index >= 15 is 0 Å². The average Bonchev–Trinajstić information content (AvgIpc) is 3.06. The van der Waals surface area contributed by atoms with Gasteiger partial charge in [-0.25, -0.2) is 0 Å². The van der Waals surface area contributed by atoms with Crippen molar-refractivity contribution in [1.82, 2.24) is 10.2 Å². The molecule has 0 spiro atoms. The van der Waals surface area contributed by atoms with Crippen LogP contribution in [0.1, 0.15) is 23.4 Å². The van der Waals surface area contributed by atoms with Crippen LogP contribution in [0.4, 0.5) is 5.69 Å². The summed E-state index contributed by atoms with van der Waals surface area (Å²) in [6.45, 7) is 3.07. The highest BCUT2D eigenvalue weighted by Gasteiger charge is 2.35. The highest BCUT2D eigenvalue weighted by molar-refractivity contribution is 5.98. The molecule has 1 aromatic carbocycles. The maximum Gasteiger partial charge on any atom is 0.287 e. The van der Waals surface area contributed by atoms with Crippen molar-refractivity contribution in [2.24, 2.45) is 5.92 Å². The van der Waals surface area contributed by atoms with E-state index in [0.717, 1.165) is 32.5 Å². The normalized spacial score (nSPS) is 24.1. The molecule has 1 aromatic heterocycles. The number of benzene rings is 1. The van der Waals surface area contributed by atoms with Crippen molar-refractivity contribution in [3.63, 3.8) is 0 Å². The summed E-state index contributed by atoms with van der Waals surface area (Å²) in [6.07, 6.45) is 2.20. The molecule has 3 fully saturated rings. The summed E-state index contributed by atoms with van der Waals surface area (Å²) >= 11 is 0. The van der Waals surface area contributed by atoms with Gasteiger partial charge in [0.25, 0.3) is 11.6 Å². The van der Waals surface area contributed by atoms with Gasteiger partial charge in [-0.15, -0.1) is 12.4 Å². The van der Waals surface area contributed by atoms with Gasteiger partial charge in [0.1, 0.15) is 0 Å². The molecule has 4 heterocycles. The number of furan rings is 1. The minimum atomic E-state index is -0.498. The Labute approximate surface area is 156 Å². The first-order valence-electron chi connectivity index (χ1n) is 8.34. The molecule has 26 heavy (non-hydrogen) atoms. The van der Waals surface area contributed by atoms with Gasteiger partial charge >= 0.3 is 0 Å². The minimum Gasteiger partial charge on any atom is -0.493 e. The average molecular weight is 382 g/mol. The van der Waals surface area contributed by atoms with Gasteiger partial charge in [0.05, 0.1) is 18.1 Å². The third-order valence-corrected chi connectivity index (χ3v) is 5.19. The first-order chi connectivity index (χ1) is 12.0. The van der Waals surface area contributed by atoms with Gasteiger partial charge < -0.3 is 19.4 Å². The summed E-state index contributed by atoms with van der Waals surface area (Å²) in [6, 6.07) is 4.33. The van der Waals surface area contributed by atoms with Crippen LogP contribution < -0.4 is 10.1 Å². The second-order valence-corrected chi connectivity index (χ2v) is 6.65. The number of hydrogen-bond donors (Lipinski definition) is 1. The second kappa shape index (κ2) is 7.13. The molecule has 0 saturated carbocycles. The van der Waals surface area contributed by atoms with E-state index in [9.17, 15) is 14.9 Å². The summed E-state index contributed by atoms with van der Waals surface area (Å²) in [5.41, 5.74) is 0.238. The number of amides is 1. The van der Waals surface area contributed by atoms with Gasteiger partial charge in [0.2, 0.25) is 0 Å². The number of non-ortho nitro benzene ring substituents is 1. The Morgan fingerprint density at radius 1 is 1.35 bits per heavy atom. The molecule has 0 radical (unpaired) electrons. The smallest absolute Gasteiger partial charge is 0.287 e. The minimum absolute atomic E-state index is 0. The number of nitrogens with zero attached hydrogens (tertiary/aromatic N) is 2. The zero-order chi connectivity index (χ0) is 17.6. The number of carbonyl (C=O) groups excluding carboxylic acids is 1. The van der Waals surface area contributed by atoms with E-state index in [1.54, 1.807) is 0 Å². The number of nitrogens with one attached hydrogen (secondary N) is 1. The Hall–Kier alpha value is -2.32. The van der Waals surface area contributed by atoms with Gasteiger partial charge in [-0.1, -0.05) is 0 Å². The second-order valence-electron chi connectivity index (χ2n) is 6.65. The van der Waals surface area contributed by atoms with Gasteiger partial charge in [-0.05, 0) is 37.9 Å². The standard InChI is InChI=1S/C17H19N3O5.ClH/c1-24-14-8-12(20(22)23)6-11-7-15(25-16(11)14)17(21)18-13-9-19-4-2-10(13)3-5-19;/h6-8,10,13H,2-5,9H2,1H3,(H,18,21);1H/t13-;/m0./s1. The zero-order valence-electron chi connectivity index (χ0n) is 14.3. The largest absolute Gasteiger partial charge is 0.493 e. The van der Waals surface area contributed by atoms with E-state index in [2.05, 4.69) is 10.2 Å². The van der Waals surface area contributed by atoms with Crippen molar-refractivity contribution < 1.29 is 18.9 Å². The highest BCUT2D eigenvalue weighted by atomic mass is 35.5. The first-order valence-corrected chi connectivity index (χ1v) is 8.34. The number of halogens is 1. The number of ether oxygens (including phenoxy) is 1. The van der Waals surface area contributed by atoms with Crippen LogP contribution in [0.2, 0.25) is 0 Å². The molecule has 9 heteroatoms. The van der Waals surface area contributed by atoms with Gasteiger partial charge in [-0.3, -0.25) is 14.9 Å². The molecule has 0 aliphatic carbocycles. The molecule has 1 N–H and O–H groups in total. The van der Waals surface area contributed by atoms with Crippen LogP contribution in [0.5, 0.6) is 5.75 Å².